The fourth-order valence-corrected chi connectivity index (χ4v) is 1.62. The number of hydrogen-bond acceptors (Lipinski definition) is 5. The third-order valence-corrected chi connectivity index (χ3v) is 2.56. The van der Waals surface area contributed by atoms with E-state index >= 15 is 0 Å². The Balaban J connectivity index is 4.18. The first-order chi connectivity index (χ1) is 10.3. The minimum absolute atomic E-state index is 0.149. The number of rotatable bonds is 11. The molecule has 0 fully saturated rings. The topological polar surface area (TPSA) is 163 Å². The minimum Gasteiger partial charge on any atom is -0.480 e. The molecule has 126 valence electrons. The summed E-state index contributed by atoms with van der Waals surface area (Å²) in [5.74, 6) is -1.69. The van der Waals surface area contributed by atoms with Crippen LogP contribution in [0.4, 0.5) is 4.79 Å². The van der Waals surface area contributed by atoms with Crippen molar-refractivity contribution in [2.75, 3.05) is 26.2 Å². The van der Waals surface area contributed by atoms with Gasteiger partial charge in [-0.05, 0) is 12.8 Å². The predicted octanol–water partition coefficient (Wildman–Crippen LogP) is -2.27. The van der Waals surface area contributed by atoms with Gasteiger partial charge in [-0.2, -0.15) is 0 Å². The van der Waals surface area contributed by atoms with Crippen LogP contribution in [0.2, 0.25) is 0 Å². The lowest BCUT2D eigenvalue weighted by Crippen LogP contribution is -2.46. The number of nitrogens with one attached hydrogen (secondary N) is 4. The normalized spacial score (nSPS) is 11.3. The van der Waals surface area contributed by atoms with Crippen LogP contribution >= 0.6 is 0 Å². The molecule has 0 aromatic carbocycles. The molecule has 0 unspecified atom stereocenters. The molecular weight excluding hydrogens is 294 g/mol. The van der Waals surface area contributed by atoms with Gasteiger partial charge in [-0.25, -0.2) is 4.79 Å². The van der Waals surface area contributed by atoms with Gasteiger partial charge in [0.05, 0.1) is 13.1 Å². The maximum absolute atomic E-state index is 11.6. The van der Waals surface area contributed by atoms with Gasteiger partial charge in [-0.3, -0.25) is 14.4 Å². The molecule has 0 aromatic rings. The first-order valence-corrected chi connectivity index (χ1v) is 6.81. The van der Waals surface area contributed by atoms with Gasteiger partial charge >= 0.3 is 12.0 Å². The summed E-state index contributed by atoms with van der Waals surface area (Å²) in [7, 11) is 0. The van der Waals surface area contributed by atoms with Crippen LogP contribution in [0.3, 0.4) is 0 Å². The lowest BCUT2D eigenvalue weighted by atomic mass is 10.1. The quantitative estimate of drug-likeness (QED) is 0.235. The molecule has 0 aromatic heterocycles. The molecule has 0 heterocycles. The summed E-state index contributed by atoms with van der Waals surface area (Å²) in [6.45, 7) is 1.54. The Kier molecular flexibility index (Phi) is 10.1. The van der Waals surface area contributed by atoms with Crippen LogP contribution in [0.15, 0.2) is 0 Å². The largest absolute Gasteiger partial charge is 0.480 e. The van der Waals surface area contributed by atoms with E-state index in [1.165, 1.54) is 6.92 Å². The number of amides is 4. The van der Waals surface area contributed by atoms with Crippen LogP contribution in [-0.2, 0) is 14.4 Å². The number of carboxylic acids is 1. The fourth-order valence-electron chi connectivity index (χ4n) is 1.62. The third kappa shape index (κ3) is 12.7. The van der Waals surface area contributed by atoms with E-state index in [4.69, 9.17) is 10.8 Å². The zero-order valence-electron chi connectivity index (χ0n) is 12.5. The first-order valence-electron chi connectivity index (χ1n) is 6.81. The van der Waals surface area contributed by atoms with Crippen molar-refractivity contribution in [1.29, 1.82) is 0 Å². The Morgan fingerprint density at radius 1 is 1.14 bits per heavy atom. The Morgan fingerprint density at radius 2 is 1.82 bits per heavy atom. The van der Waals surface area contributed by atoms with Crippen LogP contribution < -0.4 is 27.0 Å². The van der Waals surface area contributed by atoms with Crippen molar-refractivity contribution in [3.05, 3.63) is 0 Å². The Bertz CT molecular complexity index is 401. The molecule has 10 nitrogen and oxygen atoms in total. The van der Waals surface area contributed by atoms with Gasteiger partial charge in [0.15, 0.2) is 0 Å². The molecule has 0 aliphatic rings. The standard InChI is InChI=1S/C12H23N5O5/c1-8(18)16-6-10(19)17-9(5-14-7-11(20)21)3-2-4-15-12(13)22/h9,14H,2-7H2,1H3,(H,16,18)(H,17,19)(H,20,21)(H3,13,15,22)/t9-/m0/s1. The van der Waals surface area contributed by atoms with Gasteiger partial charge < -0.3 is 32.1 Å². The van der Waals surface area contributed by atoms with Crippen LogP contribution in [-0.4, -0.2) is 61.1 Å². The van der Waals surface area contributed by atoms with Crippen LogP contribution in [0.25, 0.3) is 0 Å². The Hall–Kier alpha value is -2.36. The van der Waals surface area contributed by atoms with Crippen LogP contribution in [0.5, 0.6) is 0 Å². The summed E-state index contributed by atoms with van der Waals surface area (Å²) >= 11 is 0. The molecule has 22 heavy (non-hydrogen) atoms. The maximum Gasteiger partial charge on any atom is 0.317 e. The van der Waals surface area contributed by atoms with Gasteiger partial charge in [-0.15, -0.1) is 0 Å². The van der Waals surface area contributed by atoms with Crippen LogP contribution in [0.1, 0.15) is 19.8 Å². The molecule has 0 radical (unpaired) electrons. The number of carboxylic acid groups (broad SMARTS) is 1. The molecular formula is C12H23N5O5. The van der Waals surface area contributed by atoms with E-state index in [1.54, 1.807) is 0 Å². The Morgan fingerprint density at radius 3 is 2.36 bits per heavy atom. The zero-order chi connectivity index (χ0) is 17.0. The van der Waals surface area contributed by atoms with Crippen molar-refractivity contribution >= 4 is 23.8 Å². The molecule has 0 aliphatic carbocycles. The second-order valence-electron chi connectivity index (χ2n) is 4.63. The summed E-state index contributed by atoms with van der Waals surface area (Å²) < 4.78 is 0. The number of aliphatic carboxylic acids is 1. The average Bonchev–Trinajstić information content (AvgIpc) is 2.40. The highest BCUT2D eigenvalue weighted by atomic mass is 16.4. The van der Waals surface area contributed by atoms with Crippen molar-refractivity contribution in [3.8, 4) is 0 Å². The van der Waals surface area contributed by atoms with E-state index in [0.29, 0.717) is 19.4 Å². The predicted molar refractivity (Wildman–Crippen MR) is 77.9 cm³/mol. The maximum atomic E-state index is 11.6. The van der Waals surface area contributed by atoms with Crippen molar-refractivity contribution in [1.82, 2.24) is 21.3 Å². The molecule has 0 aliphatic heterocycles. The van der Waals surface area contributed by atoms with Crippen molar-refractivity contribution in [3.63, 3.8) is 0 Å². The number of nitrogens with two attached hydrogens (primary N) is 1. The third-order valence-electron chi connectivity index (χ3n) is 2.56. The molecule has 4 amide bonds. The highest BCUT2D eigenvalue weighted by molar-refractivity contribution is 5.83. The molecule has 10 heteroatoms. The second-order valence-corrected chi connectivity index (χ2v) is 4.63. The van der Waals surface area contributed by atoms with Gasteiger partial charge in [0, 0.05) is 26.1 Å². The summed E-state index contributed by atoms with van der Waals surface area (Å²) in [5.41, 5.74) is 4.93. The van der Waals surface area contributed by atoms with Crippen molar-refractivity contribution in [2.45, 2.75) is 25.8 Å². The number of primary amides is 1. The van der Waals surface area contributed by atoms with Gasteiger partial charge in [-0.1, -0.05) is 0 Å². The number of carbonyl (C=O) groups is 4. The van der Waals surface area contributed by atoms with E-state index in [0.717, 1.165) is 0 Å². The van der Waals surface area contributed by atoms with Crippen LogP contribution in [0, 0.1) is 0 Å². The zero-order valence-corrected chi connectivity index (χ0v) is 12.5. The fraction of sp³-hybridized carbons (Fsp3) is 0.667. The van der Waals surface area contributed by atoms with Gasteiger partial charge in [0.2, 0.25) is 11.8 Å². The summed E-state index contributed by atoms with van der Waals surface area (Å²) in [4.78, 5) is 43.4. The number of urea groups is 1. The number of carbonyl (C=O) groups excluding carboxylic acids is 3. The van der Waals surface area contributed by atoms with E-state index in [9.17, 15) is 19.2 Å². The van der Waals surface area contributed by atoms with Crippen molar-refractivity contribution in [2.24, 2.45) is 5.73 Å². The highest BCUT2D eigenvalue weighted by Gasteiger charge is 2.13. The first kappa shape index (κ1) is 19.6. The monoisotopic (exact) mass is 317 g/mol. The molecule has 0 saturated carbocycles. The SMILES string of the molecule is CC(=O)NCC(=O)N[C@@H](CCCNC(N)=O)CNCC(=O)O. The summed E-state index contributed by atoms with van der Waals surface area (Å²) in [5, 5.41) is 18.7. The van der Waals surface area contributed by atoms with E-state index < -0.39 is 12.0 Å². The lowest BCUT2D eigenvalue weighted by Gasteiger charge is -2.19. The smallest absolute Gasteiger partial charge is 0.317 e. The second kappa shape index (κ2) is 11.3. The summed E-state index contributed by atoms with van der Waals surface area (Å²) in [6, 6.07) is -0.953. The minimum atomic E-state index is -1.00. The average molecular weight is 317 g/mol. The molecule has 0 spiro atoms. The highest BCUT2D eigenvalue weighted by Crippen LogP contribution is 1.96. The summed E-state index contributed by atoms with van der Waals surface area (Å²) in [6.07, 6.45) is 1.07. The Labute approximate surface area is 128 Å². The van der Waals surface area contributed by atoms with E-state index in [2.05, 4.69) is 21.3 Å². The molecule has 0 rings (SSSR count). The lowest BCUT2D eigenvalue weighted by molar-refractivity contribution is -0.136. The van der Waals surface area contributed by atoms with Crippen molar-refractivity contribution < 1.29 is 24.3 Å². The van der Waals surface area contributed by atoms with Gasteiger partial charge in [0.1, 0.15) is 0 Å². The van der Waals surface area contributed by atoms with E-state index in [1.807, 2.05) is 0 Å². The molecule has 1 atom stereocenters. The molecule has 0 saturated heterocycles. The van der Waals surface area contributed by atoms with E-state index in [-0.39, 0.29) is 37.5 Å². The van der Waals surface area contributed by atoms with Gasteiger partial charge in [0.25, 0.3) is 0 Å². The molecule has 0 bridgehead atoms. The number of hydrogen-bond donors (Lipinski definition) is 6. The molecule has 7 N–H and O–H groups in total.